The van der Waals surface area contributed by atoms with Crippen molar-refractivity contribution in [3.05, 3.63) is 0 Å². The van der Waals surface area contributed by atoms with Gasteiger partial charge in [-0.1, -0.05) is 6.92 Å². The van der Waals surface area contributed by atoms with E-state index < -0.39 is 10.0 Å². The number of ether oxygens (including phenoxy) is 1. The van der Waals surface area contributed by atoms with Gasteiger partial charge in [0.25, 0.3) is 0 Å². The first-order valence-corrected chi connectivity index (χ1v) is 7.81. The Labute approximate surface area is 103 Å². The van der Waals surface area contributed by atoms with E-state index in [0.717, 1.165) is 12.8 Å². The highest BCUT2D eigenvalue weighted by molar-refractivity contribution is 7.89. The molecule has 0 saturated carbocycles. The van der Waals surface area contributed by atoms with Crippen molar-refractivity contribution in [3.63, 3.8) is 0 Å². The molecule has 0 amide bonds. The van der Waals surface area contributed by atoms with Crippen LogP contribution in [0, 0.1) is 5.92 Å². The van der Waals surface area contributed by atoms with Gasteiger partial charge >= 0.3 is 0 Å². The lowest BCUT2D eigenvalue weighted by Gasteiger charge is -2.20. The number of halogens is 1. The summed E-state index contributed by atoms with van der Waals surface area (Å²) >= 11 is 5.69. The first kappa shape index (κ1) is 14.2. The molecular weight excluding hydrogens is 250 g/mol. The standard InChI is InChI=1S/C10H20ClNO3S/c1-8(6-11)9(2)12-16(13,14)7-10-4-3-5-15-10/h8-10,12H,3-7H2,1-2H3. The molecule has 96 valence electrons. The Morgan fingerprint density at radius 2 is 2.19 bits per heavy atom. The van der Waals surface area contributed by atoms with Gasteiger partial charge < -0.3 is 4.74 Å². The van der Waals surface area contributed by atoms with Crippen molar-refractivity contribution >= 4 is 21.6 Å². The summed E-state index contributed by atoms with van der Waals surface area (Å²) in [6, 6.07) is -0.135. The molecule has 0 aromatic carbocycles. The Balaban J connectivity index is 2.44. The summed E-state index contributed by atoms with van der Waals surface area (Å²) in [5, 5.41) is 0. The fraction of sp³-hybridized carbons (Fsp3) is 1.00. The predicted octanol–water partition coefficient (Wildman–Crippen LogP) is 1.35. The molecule has 1 aliphatic rings. The molecule has 0 aliphatic carbocycles. The maximum absolute atomic E-state index is 11.8. The summed E-state index contributed by atoms with van der Waals surface area (Å²) in [5.74, 6) is 0.636. The quantitative estimate of drug-likeness (QED) is 0.741. The first-order valence-electron chi connectivity index (χ1n) is 5.62. The molecule has 1 saturated heterocycles. The van der Waals surface area contributed by atoms with Crippen LogP contribution in [0.15, 0.2) is 0 Å². The van der Waals surface area contributed by atoms with Crippen LogP contribution < -0.4 is 4.72 Å². The summed E-state index contributed by atoms with van der Waals surface area (Å²) in [6.45, 7) is 4.43. The SMILES string of the molecule is CC(CCl)C(C)NS(=O)(=O)CC1CCCO1. The smallest absolute Gasteiger partial charge is 0.214 e. The van der Waals surface area contributed by atoms with Crippen molar-refractivity contribution in [3.8, 4) is 0 Å². The lowest BCUT2D eigenvalue weighted by atomic mass is 10.1. The third-order valence-corrected chi connectivity index (χ3v) is 4.92. The first-order chi connectivity index (χ1) is 7.44. The highest BCUT2D eigenvalue weighted by Crippen LogP contribution is 2.14. The lowest BCUT2D eigenvalue weighted by molar-refractivity contribution is 0.127. The van der Waals surface area contributed by atoms with Gasteiger partial charge in [0.2, 0.25) is 10.0 Å². The molecule has 4 nitrogen and oxygen atoms in total. The lowest BCUT2D eigenvalue weighted by Crippen LogP contribution is -2.41. The molecule has 6 heteroatoms. The minimum atomic E-state index is -3.25. The molecule has 3 atom stereocenters. The van der Waals surface area contributed by atoms with E-state index in [0.29, 0.717) is 12.5 Å². The fourth-order valence-electron chi connectivity index (χ4n) is 1.60. The average Bonchev–Trinajstić information content (AvgIpc) is 2.67. The van der Waals surface area contributed by atoms with Gasteiger partial charge in [-0.15, -0.1) is 11.6 Å². The monoisotopic (exact) mass is 269 g/mol. The Kier molecular flexibility index (Phi) is 5.50. The zero-order valence-electron chi connectivity index (χ0n) is 9.78. The second-order valence-corrected chi connectivity index (χ2v) is 6.56. The van der Waals surface area contributed by atoms with Crippen LogP contribution in [0.4, 0.5) is 0 Å². The van der Waals surface area contributed by atoms with Crippen molar-refractivity contribution in [1.29, 1.82) is 0 Å². The maximum Gasteiger partial charge on any atom is 0.214 e. The van der Waals surface area contributed by atoms with E-state index in [-0.39, 0.29) is 23.8 Å². The van der Waals surface area contributed by atoms with E-state index in [1.165, 1.54) is 0 Å². The highest BCUT2D eigenvalue weighted by Gasteiger charge is 2.25. The van der Waals surface area contributed by atoms with E-state index in [1.807, 2.05) is 13.8 Å². The summed E-state index contributed by atoms with van der Waals surface area (Å²) < 4.78 is 31.5. The van der Waals surface area contributed by atoms with Crippen LogP contribution in [0.3, 0.4) is 0 Å². The van der Waals surface area contributed by atoms with Crippen molar-refractivity contribution in [2.45, 2.75) is 38.8 Å². The van der Waals surface area contributed by atoms with Crippen molar-refractivity contribution < 1.29 is 13.2 Å². The molecule has 0 radical (unpaired) electrons. The second kappa shape index (κ2) is 6.19. The van der Waals surface area contributed by atoms with Gasteiger partial charge in [0, 0.05) is 18.5 Å². The number of nitrogens with one attached hydrogen (secondary N) is 1. The number of hydrogen-bond donors (Lipinski definition) is 1. The van der Waals surface area contributed by atoms with Crippen LogP contribution in [0.1, 0.15) is 26.7 Å². The predicted molar refractivity (Wildman–Crippen MR) is 65.2 cm³/mol. The summed E-state index contributed by atoms with van der Waals surface area (Å²) in [7, 11) is -3.25. The average molecular weight is 270 g/mol. The molecule has 1 N–H and O–H groups in total. The normalized spacial score (nSPS) is 25.6. The number of rotatable bonds is 6. The number of sulfonamides is 1. The van der Waals surface area contributed by atoms with Gasteiger partial charge in [-0.3, -0.25) is 0 Å². The van der Waals surface area contributed by atoms with Crippen LogP contribution in [0.2, 0.25) is 0 Å². The van der Waals surface area contributed by atoms with Crippen molar-refractivity contribution in [1.82, 2.24) is 4.72 Å². The Morgan fingerprint density at radius 1 is 1.50 bits per heavy atom. The summed E-state index contributed by atoms with van der Waals surface area (Å²) in [4.78, 5) is 0. The second-order valence-electron chi connectivity index (χ2n) is 4.45. The molecule has 1 fully saturated rings. The number of alkyl halides is 1. The molecule has 1 heterocycles. The molecule has 0 aromatic rings. The zero-order chi connectivity index (χ0) is 12.2. The minimum absolute atomic E-state index is 0.0619. The van der Waals surface area contributed by atoms with Crippen LogP contribution in [-0.2, 0) is 14.8 Å². The van der Waals surface area contributed by atoms with E-state index in [9.17, 15) is 8.42 Å². The van der Waals surface area contributed by atoms with Gasteiger partial charge in [0.1, 0.15) is 0 Å². The zero-order valence-corrected chi connectivity index (χ0v) is 11.4. The third kappa shape index (κ3) is 4.57. The molecule has 16 heavy (non-hydrogen) atoms. The van der Waals surface area contributed by atoms with Crippen LogP contribution >= 0.6 is 11.6 Å². The third-order valence-electron chi connectivity index (χ3n) is 2.89. The molecule has 0 aromatic heterocycles. The van der Waals surface area contributed by atoms with Gasteiger partial charge in [-0.2, -0.15) is 0 Å². The molecule has 3 unspecified atom stereocenters. The maximum atomic E-state index is 11.8. The van der Waals surface area contributed by atoms with Gasteiger partial charge in [0.15, 0.2) is 0 Å². The number of hydrogen-bond acceptors (Lipinski definition) is 3. The molecule has 1 rings (SSSR count). The van der Waals surface area contributed by atoms with E-state index in [4.69, 9.17) is 16.3 Å². The van der Waals surface area contributed by atoms with Crippen molar-refractivity contribution in [2.75, 3.05) is 18.2 Å². The Bertz CT molecular complexity index is 301. The van der Waals surface area contributed by atoms with E-state index >= 15 is 0 Å². The summed E-state index contributed by atoms with van der Waals surface area (Å²) in [6.07, 6.45) is 1.64. The largest absolute Gasteiger partial charge is 0.377 e. The molecule has 0 spiro atoms. The topological polar surface area (TPSA) is 55.4 Å². The van der Waals surface area contributed by atoms with Crippen LogP contribution in [-0.4, -0.2) is 38.8 Å². The van der Waals surface area contributed by atoms with Crippen LogP contribution in [0.5, 0.6) is 0 Å². The van der Waals surface area contributed by atoms with Gasteiger partial charge in [0.05, 0.1) is 11.9 Å². The van der Waals surface area contributed by atoms with Crippen molar-refractivity contribution in [2.24, 2.45) is 5.92 Å². The Hall–Kier alpha value is 0.160. The molecule has 0 bridgehead atoms. The van der Waals surface area contributed by atoms with Gasteiger partial charge in [-0.25, -0.2) is 13.1 Å². The van der Waals surface area contributed by atoms with Crippen LogP contribution in [0.25, 0.3) is 0 Å². The van der Waals surface area contributed by atoms with Gasteiger partial charge in [-0.05, 0) is 25.7 Å². The molecular formula is C10H20ClNO3S. The minimum Gasteiger partial charge on any atom is -0.377 e. The molecule has 1 aliphatic heterocycles. The summed E-state index contributed by atoms with van der Waals surface area (Å²) in [5.41, 5.74) is 0. The Morgan fingerprint density at radius 3 is 2.69 bits per heavy atom. The fourth-order valence-corrected chi connectivity index (χ4v) is 3.52. The van der Waals surface area contributed by atoms with E-state index in [2.05, 4.69) is 4.72 Å². The van der Waals surface area contributed by atoms with E-state index in [1.54, 1.807) is 0 Å². The highest BCUT2D eigenvalue weighted by atomic mass is 35.5.